The van der Waals surface area contributed by atoms with Crippen LogP contribution in [0.15, 0.2) is 29.2 Å². The number of likely N-dealkylation sites (N-methyl/N-ethyl adjacent to an activating group) is 1. The highest BCUT2D eigenvalue weighted by Crippen LogP contribution is 2.42. The van der Waals surface area contributed by atoms with Crippen LogP contribution in [0.1, 0.15) is 67.5 Å². The van der Waals surface area contributed by atoms with Gasteiger partial charge in [0, 0.05) is 58.8 Å². The summed E-state index contributed by atoms with van der Waals surface area (Å²) in [6, 6.07) is 3.23. The average molecular weight is 688 g/mol. The highest BCUT2D eigenvalue weighted by molar-refractivity contribution is 7.14. The molecule has 1 fully saturated rings. The van der Waals surface area contributed by atoms with Crippen molar-refractivity contribution in [1.82, 2.24) is 30.0 Å². The molecule has 3 heterocycles. The number of hydrogen-bond acceptors (Lipinski definition) is 10. The van der Waals surface area contributed by atoms with E-state index in [4.69, 9.17) is 4.74 Å². The molecular weight excluding hydrogens is 648 g/mol. The Morgan fingerprint density at radius 3 is 2.50 bits per heavy atom. The van der Waals surface area contributed by atoms with Gasteiger partial charge in [0.1, 0.15) is 27.9 Å². The molecule has 0 radical (unpaired) electrons. The van der Waals surface area contributed by atoms with Crippen molar-refractivity contribution in [3.63, 3.8) is 0 Å². The molecule has 1 aliphatic heterocycles. The van der Waals surface area contributed by atoms with Crippen molar-refractivity contribution < 1.29 is 33.0 Å². The second kappa shape index (κ2) is 13.1. The molecule has 0 atom stereocenters. The summed E-state index contributed by atoms with van der Waals surface area (Å²) in [6.45, 7) is 5.87. The molecule has 1 aliphatic carbocycles. The van der Waals surface area contributed by atoms with Crippen molar-refractivity contribution in [1.29, 1.82) is 0 Å². The van der Waals surface area contributed by atoms with Crippen molar-refractivity contribution in [3.05, 3.63) is 62.5 Å². The van der Waals surface area contributed by atoms with Crippen LogP contribution in [0.5, 0.6) is 5.75 Å². The molecule has 48 heavy (non-hydrogen) atoms. The molecule has 2 aromatic heterocycles. The summed E-state index contributed by atoms with van der Waals surface area (Å²) in [7, 11) is 4.96. The number of fused-ring (bicyclic) bond motifs is 1. The zero-order valence-electron chi connectivity index (χ0n) is 27.7. The van der Waals surface area contributed by atoms with E-state index in [-0.39, 0.29) is 53.2 Å². The van der Waals surface area contributed by atoms with Gasteiger partial charge in [0.15, 0.2) is 16.5 Å². The first-order chi connectivity index (χ1) is 22.5. The van der Waals surface area contributed by atoms with E-state index in [1.54, 1.807) is 46.9 Å². The molecule has 13 nitrogen and oxygen atoms in total. The number of carbonyl (C=O) groups excluding carboxylic acids is 3. The van der Waals surface area contributed by atoms with Crippen molar-refractivity contribution in [2.75, 3.05) is 39.2 Å². The number of rotatable bonds is 7. The van der Waals surface area contributed by atoms with Crippen molar-refractivity contribution in [2.45, 2.75) is 64.1 Å². The maximum Gasteiger partial charge on any atom is 0.410 e. The van der Waals surface area contributed by atoms with Gasteiger partial charge in [0.2, 0.25) is 11.3 Å². The van der Waals surface area contributed by atoms with Crippen molar-refractivity contribution >= 4 is 29.2 Å². The van der Waals surface area contributed by atoms with Gasteiger partial charge in [0.25, 0.3) is 5.91 Å². The summed E-state index contributed by atoms with van der Waals surface area (Å²) in [6.07, 6.45) is 2.75. The van der Waals surface area contributed by atoms with E-state index in [2.05, 4.69) is 15.5 Å². The minimum Gasteiger partial charge on any atom is -0.502 e. The number of nitrogens with one attached hydrogen (secondary N) is 1. The number of amides is 3. The zero-order valence-corrected chi connectivity index (χ0v) is 28.5. The molecule has 16 heteroatoms. The van der Waals surface area contributed by atoms with Crippen LogP contribution in [0.4, 0.5) is 13.6 Å². The maximum absolute atomic E-state index is 14.2. The van der Waals surface area contributed by atoms with Crippen LogP contribution in [-0.4, -0.2) is 93.2 Å². The van der Waals surface area contributed by atoms with Crippen LogP contribution in [0.25, 0.3) is 10.6 Å². The Hall–Kier alpha value is -4.60. The molecule has 2 N–H and O–H groups in total. The summed E-state index contributed by atoms with van der Waals surface area (Å²) in [5.74, 6) is -3.18. The predicted molar refractivity (Wildman–Crippen MR) is 173 cm³/mol. The first-order valence-electron chi connectivity index (χ1n) is 15.5. The number of ether oxygens (including phenoxy) is 1. The summed E-state index contributed by atoms with van der Waals surface area (Å²) in [4.78, 5) is 55.1. The Morgan fingerprint density at radius 1 is 1.17 bits per heavy atom. The smallest absolute Gasteiger partial charge is 0.410 e. The Kier molecular flexibility index (Phi) is 9.50. The largest absolute Gasteiger partial charge is 0.502 e. The van der Waals surface area contributed by atoms with Crippen LogP contribution < -0.4 is 15.8 Å². The van der Waals surface area contributed by atoms with Gasteiger partial charge in [-0.1, -0.05) is 17.4 Å². The molecule has 0 bridgehead atoms. The van der Waals surface area contributed by atoms with Gasteiger partial charge >= 0.3 is 6.09 Å². The SMILES string of the molecule is CN(CCNC(=O)C1CCC2(CC1)N(C)C(=O)c1c(O)c(=O)c(-c3nnc(Cc4ccc(F)cc4F)s3)cn1N2C)C(=O)OC(C)(C)C. The fourth-order valence-corrected chi connectivity index (χ4v) is 7.00. The third-order valence-corrected chi connectivity index (χ3v) is 9.84. The molecule has 2 aliphatic rings. The third-order valence-electron chi connectivity index (χ3n) is 8.88. The lowest BCUT2D eigenvalue weighted by atomic mass is 9.79. The van der Waals surface area contributed by atoms with E-state index in [1.807, 2.05) is 0 Å². The Morgan fingerprint density at radius 2 is 1.85 bits per heavy atom. The molecule has 258 valence electrons. The van der Waals surface area contributed by atoms with Crippen molar-refractivity contribution in [3.8, 4) is 16.3 Å². The van der Waals surface area contributed by atoms with E-state index in [1.165, 1.54) is 26.7 Å². The predicted octanol–water partition coefficient (Wildman–Crippen LogP) is 3.46. The van der Waals surface area contributed by atoms with E-state index in [9.17, 15) is 33.1 Å². The van der Waals surface area contributed by atoms with E-state index < -0.39 is 46.1 Å². The second-order valence-electron chi connectivity index (χ2n) is 13.2. The van der Waals surface area contributed by atoms with E-state index >= 15 is 0 Å². The number of hydrogen-bond donors (Lipinski definition) is 2. The molecule has 3 aromatic rings. The Balaban J connectivity index is 1.30. The molecule has 1 saturated carbocycles. The molecule has 0 saturated heterocycles. The fourth-order valence-electron chi connectivity index (χ4n) is 6.13. The summed E-state index contributed by atoms with van der Waals surface area (Å²) in [5.41, 5.74) is -2.28. The fraction of sp³-hybridized carbons (Fsp3) is 0.500. The van der Waals surface area contributed by atoms with E-state index in [0.717, 1.165) is 23.5 Å². The third kappa shape index (κ3) is 6.70. The van der Waals surface area contributed by atoms with Crippen LogP contribution in [0.3, 0.4) is 0 Å². The number of halogens is 2. The van der Waals surface area contributed by atoms with Crippen LogP contribution in [-0.2, 0) is 16.0 Å². The monoisotopic (exact) mass is 687 g/mol. The molecule has 1 spiro atoms. The highest BCUT2D eigenvalue weighted by Gasteiger charge is 2.50. The quantitative estimate of drug-likeness (QED) is 0.381. The number of carbonyl (C=O) groups is 3. The first kappa shape index (κ1) is 34.7. The number of nitrogens with zero attached hydrogens (tertiary/aromatic N) is 6. The lowest BCUT2D eigenvalue weighted by Crippen LogP contribution is -2.69. The van der Waals surface area contributed by atoms with Crippen LogP contribution in [0, 0.1) is 17.6 Å². The molecular formula is C32H39F2N7O6S. The van der Waals surface area contributed by atoms with Gasteiger partial charge in [-0.25, -0.2) is 13.6 Å². The molecule has 1 aromatic carbocycles. The standard InChI is InChI=1S/C32H39F2N7O6S/c1-31(2,3)47-30(46)38(4)14-13-35-27(44)18-9-11-32(12-10-18)39(5)29(45)24-26(43)25(42)21(17-41(24)40(32)6)28-37-36-23(48-28)15-19-7-8-20(33)16-22(19)34/h7-8,16-18,43H,9-15H2,1-6H3,(H,35,44). The van der Waals surface area contributed by atoms with Gasteiger partial charge in [-0.15, -0.1) is 10.2 Å². The van der Waals surface area contributed by atoms with Gasteiger partial charge in [0.05, 0.1) is 5.56 Å². The Bertz CT molecular complexity index is 1800. The highest BCUT2D eigenvalue weighted by atomic mass is 32.1. The van der Waals surface area contributed by atoms with Gasteiger partial charge < -0.3 is 25.0 Å². The van der Waals surface area contributed by atoms with Gasteiger partial charge in [-0.05, 0) is 58.1 Å². The lowest BCUT2D eigenvalue weighted by molar-refractivity contribution is -0.127. The number of aromatic hydroxyl groups is 1. The molecule has 5 rings (SSSR count). The first-order valence-corrected chi connectivity index (χ1v) is 16.3. The normalized spacial score (nSPS) is 19.3. The van der Waals surface area contributed by atoms with Crippen LogP contribution >= 0.6 is 11.3 Å². The average Bonchev–Trinajstić information content (AvgIpc) is 3.49. The topological polar surface area (TPSA) is 150 Å². The summed E-state index contributed by atoms with van der Waals surface area (Å²) >= 11 is 1.02. The zero-order chi connectivity index (χ0) is 35.1. The number of pyridine rings is 1. The maximum atomic E-state index is 14.2. The Labute approximate surface area is 280 Å². The van der Waals surface area contributed by atoms with Crippen molar-refractivity contribution in [2.24, 2.45) is 5.92 Å². The summed E-state index contributed by atoms with van der Waals surface area (Å²) in [5, 5.41) is 24.4. The second-order valence-corrected chi connectivity index (χ2v) is 14.2. The minimum atomic E-state index is -0.858. The lowest BCUT2D eigenvalue weighted by Gasteiger charge is -2.55. The van der Waals surface area contributed by atoms with Gasteiger partial charge in [-0.3, -0.25) is 24.1 Å². The van der Waals surface area contributed by atoms with Crippen LogP contribution in [0.2, 0.25) is 0 Å². The number of benzene rings is 1. The number of aromatic nitrogens is 3. The summed E-state index contributed by atoms with van der Waals surface area (Å²) < 4.78 is 34.4. The minimum absolute atomic E-state index is 0.00310. The molecule has 3 amide bonds. The van der Waals surface area contributed by atoms with Gasteiger partial charge in [-0.2, -0.15) is 0 Å². The molecule has 0 unspecified atom stereocenters. The van der Waals surface area contributed by atoms with E-state index in [0.29, 0.717) is 30.7 Å².